The van der Waals surface area contributed by atoms with Crippen LogP contribution in [0.15, 0.2) is 35.7 Å². The molecule has 0 saturated heterocycles. The Balaban J connectivity index is 1.84. The Hall–Kier alpha value is -1.29. The van der Waals surface area contributed by atoms with Crippen LogP contribution in [0.1, 0.15) is 14.5 Å². The Kier molecular flexibility index (Phi) is 6.07. The molecule has 9 heteroatoms. The molecule has 0 aliphatic rings. The molecule has 0 saturated carbocycles. The number of nitrogens with zero attached hydrogens (tertiary/aromatic N) is 2. The number of nitrogens with one attached hydrogen (secondary N) is 1. The van der Waals surface area contributed by atoms with Crippen LogP contribution in [0.2, 0.25) is 0 Å². The van der Waals surface area contributed by atoms with Crippen molar-refractivity contribution in [3.8, 4) is 0 Å². The Bertz CT molecular complexity index is 729. The lowest BCUT2D eigenvalue weighted by atomic mass is 10.3. The summed E-state index contributed by atoms with van der Waals surface area (Å²) < 4.78 is 24.4. The third-order valence-corrected chi connectivity index (χ3v) is 5.34. The second kappa shape index (κ2) is 7.82. The minimum atomic E-state index is -3.17. The molecule has 0 amide bonds. The van der Waals surface area contributed by atoms with Crippen molar-refractivity contribution < 1.29 is 13.2 Å². The normalized spacial score (nSPS) is 11.5. The van der Waals surface area contributed by atoms with E-state index in [0.29, 0.717) is 23.0 Å². The van der Waals surface area contributed by atoms with E-state index in [4.69, 9.17) is 0 Å². The average molecular weight is 357 g/mol. The monoisotopic (exact) mass is 357 g/mol. The topological polar surface area (TPSA) is 89.0 Å². The number of thiophene rings is 1. The van der Waals surface area contributed by atoms with Gasteiger partial charge in [-0.25, -0.2) is 23.1 Å². The molecule has 0 radical (unpaired) electrons. The number of hydrogen-bond donors (Lipinski definition) is 1. The lowest BCUT2D eigenvalue weighted by Crippen LogP contribution is -2.23. The van der Waals surface area contributed by atoms with Gasteiger partial charge in [-0.2, -0.15) is 0 Å². The van der Waals surface area contributed by atoms with Gasteiger partial charge in [0, 0.05) is 23.8 Å². The standard InChI is InChI=1S/C13H15N3O3S3/c1-22(18,19)16-8-5-10-3-4-12(21-10)11(17)9-20-13-14-6-2-7-15-13/h2-4,6-7,16H,5,8-9H2,1H3. The molecule has 0 unspecified atom stereocenters. The van der Waals surface area contributed by atoms with Gasteiger partial charge in [-0.05, 0) is 24.6 Å². The molecule has 22 heavy (non-hydrogen) atoms. The van der Waals surface area contributed by atoms with Crippen molar-refractivity contribution in [1.29, 1.82) is 0 Å². The van der Waals surface area contributed by atoms with Crippen LogP contribution in [-0.4, -0.2) is 42.7 Å². The first kappa shape index (κ1) is 17.1. The van der Waals surface area contributed by atoms with Gasteiger partial charge in [-0.1, -0.05) is 11.8 Å². The highest BCUT2D eigenvalue weighted by atomic mass is 32.2. The zero-order valence-corrected chi connectivity index (χ0v) is 14.3. The Morgan fingerprint density at radius 1 is 1.32 bits per heavy atom. The van der Waals surface area contributed by atoms with Crippen molar-refractivity contribution in [3.63, 3.8) is 0 Å². The molecule has 0 aliphatic carbocycles. The summed E-state index contributed by atoms with van der Waals surface area (Å²) in [5.74, 6) is 0.302. The molecule has 0 aromatic carbocycles. The molecule has 2 heterocycles. The van der Waals surface area contributed by atoms with Crippen molar-refractivity contribution in [1.82, 2.24) is 14.7 Å². The first-order valence-corrected chi connectivity index (χ1v) is 10.1. The third-order valence-electron chi connectivity index (χ3n) is 2.55. The van der Waals surface area contributed by atoms with E-state index in [1.54, 1.807) is 24.5 Å². The largest absolute Gasteiger partial charge is 0.292 e. The summed E-state index contributed by atoms with van der Waals surface area (Å²) in [6.07, 6.45) is 4.97. The van der Waals surface area contributed by atoms with Crippen molar-refractivity contribution >= 4 is 38.9 Å². The first-order chi connectivity index (χ1) is 10.4. The van der Waals surface area contributed by atoms with E-state index in [9.17, 15) is 13.2 Å². The van der Waals surface area contributed by atoms with E-state index in [2.05, 4.69) is 14.7 Å². The van der Waals surface area contributed by atoms with Crippen molar-refractivity contribution in [2.24, 2.45) is 0 Å². The summed E-state index contributed by atoms with van der Waals surface area (Å²) in [6.45, 7) is 0.333. The highest BCUT2D eigenvalue weighted by Gasteiger charge is 2.11. The number of hydrogen-bond acceptors (Lipinski definition) is 7. The maximum Gasteiger partial charge on any atom is 0.208 e. The van der Waals surface area contributed by atoms with Gasteiger partial charge in [0.05, 0.1) is 16.9 Å². The van der Waals surface area contributed by atoms with E-state index in [1.807, 2.05) is 6.07 Å². The SMILES string of the molecule is CS(=O)(=O)NCCc1ccc(C(=O)CSc2ncccn2)s1. The molecule has 0 atom stereocenters. The van der Waals surface area contributed by atoms with Crippen LogP contribution in [-0.2, 0) is 16.4 Å². The van der Waals surface area contributed by atoms with Gasteiger partial charge in [0.1, 0.15) is 0 Å². The van der Waals surface area contributed by atoms with E-state index in [-0.39, 0.29) is 11.5 Å². The zero-order valence-electron chi connectivity index (χ0n) is 11.9. The van der Waals surface area contributed by atoms with Crippen molar-refractivity contribution in [2.75, 3.05) is 18.6 Å². The molecule has 0 bridgehead atoms. The molecule has 1 N–H and O–H groups in total. The number of rotatable bonds is 8. The average Bonchev–Trinajstić information content (AvgIpc) is 2.93. The van der Waals surface area contributed by atoms with Gasteiger partial charge in [0.25, 0.3) is 0 Å². The number of carbonyl (C=O) groups excluding carboxylic acids is 1. The van der Waals surface area contributed by atoms with Crippen LogP contribution in [0, 0.1) is 0 Å². The second-order valence-electron chi connectivity index (χ2n) is 4.43. The van der Waals surface area contributed by atoms with Crippen LogP contribution in [0.5, 0.6) is 0 Å². The number of ketones is 1. The minimum Gasteiger partial charge on any atom is -0.292 e. The third kappa shape index (κ3) is 5.84. The van der Waals surface area contributed by atoms with E-state index in [0.717, 1.165) is 11.1 Å². The fraction of sp³-hybridized carbons (Fsp3) is 0.308. The quantitative estimate of drug-likeness (QED) is 0.439. The van der Waals surface area contributed by atoms with Gasteiger partial charge >= 0.3 is 0 Å². The molecule has 2 rings (SSSR count). The van der Waals surface area contributed by atoms with Crippen molar-refractivity contribution in [2.45, 2.75) is 11.6 Å². The van der Waals surface area contributed by atoms with E-state index >= 15 is 0 Å². The Labute approximate surface area is 137 Å². The smallest absolute Gasteiger partial charge is 0.208 e. The van der Waals surface area contributed by atoms with Gasteiger partial charge in [-0.3, -0.25) is 4.79 Å². The molecule has 0 spiro atoms. The van der Waals surface area contributed by atoms with Crippen LogP contribution in [0.4, 0.5) is 0 Å². The summed E-state index contributed by atoms with van der Waals surface area (Å²) in [5.41, 5.74) is 0. The first-order valence-electron chi connectivity index (χ1n) is 6.40. The summed E-state index contributed by atoms with van der Waals surface area (Å²) in [5, 5.41) is 0.574. The summed E-state index contributed by atoms with van der Waals surface area (Å²) in [6, 6.07) is 5.35. The molecule has 2 aromatic rings. The van der Waals surface area contributed by atoms with E-state index < -0.39 is 10.0 Å². The predicted molar refractivity (Wildman–Crippen MR) is 88.0 cm³/mol. The summed E-state index contributed by atoms with van der Waals surface area (Å²) in [4.78, 5) is 21.8. The molecule has 6 nitrogen and oxygen atoms in total. The number of sulfonamides is 1. The maximum atomic E-state index is 12.1. The fourth-order valence-corrected chi connectivity index (χ4v) is 3.78. The van der Waals surface area contributed by atoms with Crippen LogP contribution < -0.4 is 4.72 Å². The second-order valence-corrected chi connectivity index (χ2v) is 8.37. The maximum absolute atomic E-state index is 12.1. The molecule has 0 aliphatic heterocycles. The van der Waals surface area contributed by atoms with Crippen LogP contribution >= 0.6 is 23.1 Å². The lowest BCUT2D eigenvalue weighted by Gasteiger charge is -2.00. The molecule has 0 fully saturated rings. The lowest BCUT2D eigenvalue weighted by molar-refractivity contribution is 0.102. The summed E-state index contributed by atoms with van der Waals surface area (Å²) in [7, 11) is -3.17. The number of carbonyl (C=O) groups is 1. The van der Waals surface area contributed by atoms with Crippen LogP contribution in [0.3, 0.4) is 0 Å². The van der Waals surface area contributed by atoms with E-state index in [1.165, 1.54) is 23.1 Å². The van der Waals surface area contributed by atoms with Gasteiger partial charge in [0.15, 0.2) is 10.9 Å². The minimum absolute atomic E-state index is 0.0183. The molecule has 2 aromatic heterocycles. The predicted octanol–water partition coefficient (Wildman–Crippen LogP) is 1.60. The molecular weight excluding hydrogens is 342 g/mol. The Morgan fingerprint density at radius 3 is 2.73 bits per heavy atom. The zero-order chi connectivity index (χ0) is 16.0. The van der Waals surface area contributed by atoms with Gasteiger partial charge in [-0.15, -0.1) is 11.3 Å². The van der Waals surface area contributed by atoms with Gasteiger partial charge in [0.2, 0.25) is 10.0 Å². The molecular formula is C13H15N3O3S3. The van der Waals surface area contributed by atoms with Crippen molar-refractivity contribution in [3.05, 3.63) is 40.3 Å². The highest BCUT2D eigenvalue weighted by molar-refractivity contribution is 7.99. The molecule has 118 valence electrons. The van der Waals surface area contributed by atoms with Gasteiger partial charge < -0.3 is 0 Å². The van der Waals surface area contributed by atoms with Crippen LogP contribution in [0.25, 0.3) is 0 Å². The number of thioether (sulfide) groups is 1. The number of aromatic nitrogens is 2. The number of Topliss-reactive ketones (excluding diaryl/α,β-unsaturated/α-hetero) is 1. The Morgan fingerprint density at radius 2 is 2.05 bits per heavy atom. The fourth-order valence-electron chi connectivity index (χ4n) is 1.58. The summed E-state index contributed by atoms with van der Waals surface area (Å²) >= 11 is 2.69. The highest BCUT2D eigenvalue weighted by Crippen LogP contribution is 2.20.